The van der Waals surface area contributed by atoms with Crippen molar-refractivity contribution < 1.29 is 4.79 Å². The molecule has 1 aromatic rings. The Morgan fingerprint density at radius 1 is 1.61 bits per heavy atom. The molecular formula is C13H22N4O. The molecule has 0 bridgehead atoms. The van der Waals surface area contributed by atoms with Gasteiger partial charge in [-0.05, 0) is 18.9 Å². The zero-order valence-electron chi connectivity index (χ0n) is 11.1. The molecule has 1 amide bonds. The molecule has 100 valence electrons. The first kappa shape index (κ1) is 13.1. The number of aromatic nitrogens is 2. The number of carbonyl (C=O) groups is 1. The molecule has 1 saturated heterocycles. The summed E-state index contributed by atoms with van der Waals surface area (Å²) in [5.41, 5.74) is 1.18. The minimum absolute atomic E-state index is 0.166. The molecule has 1 aliphatic rings. The number of hydrogen-bond acceptors (Lipinski definition) is 3. The maximum absolute atomic E-state index is 11.2. The van der Waals surface area contributed by atoms with Gasteiger partial charge in [0.2, 0.25) is 5.91 Å². The summed E-state index contributed by atoms with van der Waals surface area (Å²) in [6.45, 7) is 7.05. The highest BCUT2D eigenvalue weighted by atomic mass is 16.1. The van der Waals surface area contributed by atoms with Crippen LogP contribution in [0.2, 0.25) is 0 Å². The van der Waals surface area contributed by atoms with E-state index in [0.717, 1.165) is 26.1 Å². The van der Waals surface area contributed by atoms with E-state index in [0.29, 0.717) is 12.3 Å². The third-order valence-corrected chi connectivity index (χ3v) is 3.16. The average molecular weight is 250 g/mol. The van der Waals surface area contributed by atoms with E-state index in [9.17, 15) is 4.79 Å². The van der Waals surface area contributed by atoms with Crippen molar-refractivity contribution in [2.45, 2.75) is 45.8 Å². The van der Waals surface area contributed by atoms with Crippen molar-refractivity contribution in [3.05, 3.63) is 18.2 Å². The summed E-state index contributed by atoms with van der Waals surface area (Å²) in [4.78, 5) is 15.4. The molecule has 1 fully saturated rings. The van der Waals surface area contributed by atoms with Gasteiger partial charge in [0.15, 0.2) is 0 Å². The molecule has 5 nitrogen and oxygen atoms in total. The van der Waals surface area contributed by atoms with E-state index in [1.54, 1.807) is 0 Å². The molecule has 0 radical (unpaired) electrons. The lowest BCUT2D eigenvalue weighted by Crippen LogP contribution is -2.30. The van der Waals surface area contributed by atoms with Gasteiger partial charge in [-0.25, -0.2) is 4.98 Å². The van der Waals surface area contributed by atoms with Crippen LogP contribution >= 0.6 is 0 Å². The first-order valence-electron chi connectivity index (χ1n) is 6.64. The van der Waals surface area contributed by atoms with Gasteiger partial charge in [-0.3, -0.25) is 4.79 Å². The molecule has 2 rings (SSSR count). The lowest BCUT2D eigenvalue weighted by Gasteiger charge is -2.14. The van der Waals surface area contributed by atoms with Crippen LogP contribution in [0.3, 0.4) is 0 Å². The Morgan fingerprint density at radius 3 is 3.11 bits per heavy atom. The summed E-state index contributed by atoms with van der Waals surface area (Å²) in [6, 6.07) is 0.260. The SMILES string of the molecule is CC(C)CNCc1cncn1CC1CCC(=O)N1. The van der Waals surface area contributed by atoms with Gasteiger partial charge < -0.3 is 15.2 Å². The van der Waals surface area contributed by atoms with Gasteiger partial charge in [-0.1, -0.05) is 13.8 Å². The lowest BCUT2D eigenvalue weighted by molar-refractivity contribution is -0.119. The van der Waals surface area contributed by atoms with Crippen LogP contribution in [0.25, 0.3) is 0 Å². The predicted octanol–water partition coefficient (Wildman–Crippen LogP) is 0.907. The molecule has 1 aliphatic heterocycles. The third kappa shape index (κ3) is 3.57. The van der Waals surface area contributed by atoms with E-state index in [4.69, 9.17) is 0 Å². The largest absolute Gasteiger partial charge is 0.352 e. The van der Waals surface area contributed by atoms with Crippen LogP contribution < -0.4 is 10.6 Å². The van der Waals surface area contributed by atoms with Crippen LogP contribution in [0, 0.1) is 5.92 Å². The normalized spacial score (nSPS) is 19.5. The van der Waals surface area contributed by atoms with Crippen LogP contribution in [0.4, 0.5) is 0 Å². The second-order valence-electron chi connectivity index (χ2n) is 5.37. The van der Waals surface area contributed by atoms with E-state index in [-0.39, 0.29) is 11.9 Å². The summed E-state index contributed by atoms with van der Waals surface area (Å²) >= 11 is 0. The highest BCUT2D eigenvalue weighted by Crippen LogP contribution is 2.10. The van der Waals surface area contributed by atoms with Gasteiger partial charge in [-0.2, -0.15) is 0 Å². The summed E-state index contributed by atoms with van der Waals surface area (Å²) in [5, 5.41) is 6.40. The number of hydrogen-bond donors (Lipinski definition) is 2. The fourth-order valence-corrected chi connectivity index (χ4v) is 2.20. The third-order valence-electron chi connectivity index (χ3n) is 3.16. The molecule has 0 aliphatic carbocycles. The Kier molecular flexibility index (Phi) is 4.36. The van der Waals surface area contributed by atoms with Crippen molar-refractivity contribution in [1.29, 1.82) is 0 Å². The topological polar surface area (TPSA) is 59.0 Å². The number of carbonyl (C=O) groups excluding carboxylic acids is 1. The van der Waals surface area contributed by atoms with Gasteiger partial charge in [-0.15, -0.1) is 0 Å². The number of amides is 1. The quantitative estimate of drug-likeness (QED) is 0.789. The Morgan fingerprint density at radius 2 is 2.44 bits per heavy atom. The molecule has 1 aromatic heterocycles. The van der Waals surface area contributed by atoms with Gasteiger partial charge in [0.05, 0.1) is 12.0 Å². The van der Waals surface area contributed by atoms with E-state index >= 15 is 0 Å². The van der Waals surface area contributed by atoms with Crippen LogP contribution in [0.1, 0.15) is 32.4 Å². The van der Waals surface area contributed by atoms with Crippen LogP contribution in [-0.4, -0.2) is 28.0 Å². The van der Waals surface area contributed by atoms with Crippen LogP contribution in [0.15, 0.2) is 12.5 Å². The fourth-order valence-electron chi connectivity index (χ4n) is 2.20. The summed E-state index contributed by atoms with van der Waals surface area (Å²) in [5.74, 6) is 0.815. The smallest absolute Gasteiger partial charge is 0.220 e. The van der Waals surface area contributed by atoms with Crippen LogP contribution in [-0.2, 0) is 17.9 Å². The molecule has 2 heterocycles. The van der Waals surface area contributed by atoms with Gasteiger partial charge in [0.25, 0.3) is 0 Å². The van der Waals surface area contributed by atoms with E-state index in [2.05, 4.69) is 34.0 Å². The monoisotopic (exact) mass is 250 g/mol. The maximum atomic E-state index is 11.2. The molecule has 0 aromatic carbocycles. The summed E-state index contributed by atoms with van der Waals surface area (Å²) < 4.78 is 2.13. The predicted molar refractivity (Wildman–Crippen MR) is 69.9 cm³/mol. The summed E-state index contributed by atoms with van der Waals surface area (Å²) in [7, 11) is 0. The van der Waals surface area contributed by atoms with E-state index < -0.39 is 0 Å². The molecule has 2 N–H and O–H groups in total. The molecule has 0 spiro atoms. The molecular weight excluding hydrogens is 228 g/mol. The van der Waals surface area contributed by atoms with E-state index in [1.807, 2.05) is 12.5 Å². The van der Waals surface area contributed by atoms with Crippen molar-refractivity contribution >= 4 is 5.91 Å². The molecule has 0 saturated carbocycles. The molecule has 5 heteroatoms. The number of nitrogens with one attached hydrogen (secondary N) is 2. The Balaban J connectivity index is 1.85. The minimum Gasteiger partial charge on any atom is -0.352 e. The highest BCUT2D eigenvalue weighted by Gasteiger charge is 2.21. The standard InChI is InChI=1S/C13H22N4O/c1-10(2)5-14-6-12-7-15-9-17(12)8-11-3-4-13(18)16-11/h7,9-11,14H,3-6,8H2,1-2H3,(H,16,18). The zero-order valence-corrected chi connectivity index (χ0v) is 11.1. The van der Waals surface area contributed by atoms with Crippen molar-refractivity contribution in [2.24, 2.45) is 5.92 Å². The second-order valence-corrected chi connectivity index (χ2v) is 5.37. The first-order valence-corrected chi connectivity index (χ1v) is 6.64. The Hall–Kier alpha value is -1.36. The Labute approximate surface area is 108 Å². The fraction of sp³-hybridized carbons (Fsp3) is 0.692. The summed E-state index contributed by atoms with van der Waals surface area (Å²) in [6.07, 6.45) is 5.32. The van der Waals surface area contributed by atoms with Gasteiger partial charge >= 0.3 is 0 Å². The highest BCUT2D eigenvalue weighted by molar-refractivity contribution is 5.78. The molecule has 18 heavy (non-hydrogen) atoms. The zero-order chi connectivity index (χ0) is 13.0. The number of nitrogens with zero attached hydrogens (tertiary/aromatic N) is 2. The van der Waals surface area contributed by atoms with Crippen LogP contribution in [0.5, 0.6) is 0 Å². The maximum Gasteiger partial charge on any atom is 0.220 e. The lowest BCUT2D eigenvalue weighted by atomic mass is 10.2. The van der Waals surface area contributed by atoms with Crippen molar-refractivity contribution in [2.75, 3.05) is 6.54 Å². The first-order chi connectivity index (χ1) is 8.65. The molecule has 1 unspecified atom stereocenters. The van der Waals surface area contributed by atoms with Crippen molar-refractivity contribution in [1.82, 2.24) is 20.2 Å². The van der Waals surface area contributed by atoms with E-state index in [1.165, 1.54) is 5.69 Å². The van der Waals surface area contributed by atoms with Crippen molar-refractivity contribution in [3.8, 4) is 0 Å². The number of imidazole rings is 1. The Bertz CT molecular complexity index is 399. The van der Waals surface area contributed by atoms with Gasteiger partial charge in [0.1, 0.15) is 0 Å². The molecule has 1 atom stereocenters. The number of rotatable bonds is 6. The average Bonchev–Trinajstić information content (AvgIpc) is 2.89. The minimum atomic E-state index is 0.166. The van der Waals surface area contributed by atoms with Gasteiger partial charge in [0, 0.05) is 31.7 Å². The van der Waals surface area contributed by atoms with Crippen molar-refractivity contribution in [3.63, 3.8) is 0 Å². The second kappa shape index (κ2) is 6.00.